The van der Waals surface area contributed by atoms with Gasteiger partial charge in [0.05, 0.1) is 6.21 Å². The van der Waals surface area contributed by atoms with Gasteiger partial charge in [-0.2, -0.15) is 5.10 Å². The Morgan fingerprint density at radius 3 is 2.32 bits per heavy atom. The van der Waals surface area contributed by atoms with Gasteiger partial charge in [0, 0.05) is 11.4 Å². The summed E-state index contributed by atoms with van der Waals surface area (Å²) in [5.41, 5.74) is 10.5. The fourth-order valence-electron chi connectivity index (χ4n) is 1.98. The molecule has 0 spiro atoms. The van der Waals surface area contributed by atoms with E-state index in [1.165, 1.54) is 0 Å². The van der Waals surface area contributed by atoms with Gasteiger partial charge in [-0.1, -0.05) is 30.3 Å². The van der Waals surface area contributed by atoms with Crippen molar-refractivity contribution < 1.29 is 0 Å². The molecule has 0 saturated carbocycles. The van der Waals surface area contributed by atoms with Crippen molar-refractivity contribution in [3.8, 4) is 0 Å². The van der Waals surface area contributed by atoms with E-state index in [9.17, 15) is 0 Å². The fraction of sp³-hybridized carbons (Fsp3) is 0.125. The molecule has 6 heteroatoms. The van der Waals surface area contributed by atoms with Crippen LogP contribution < -0.4 is 22.0 Å². The quantitative estimate of drug-likeness (QED) is 0.302. The van der Waals surface area contributed by atoms with E-state index in [4.69, 9.17) is 18.1 Å². The normalized spacial score (nSPS) is 10.5. The maximum atomic E-state index is 5.32. The molecule has 2 aromatic rings. The predicted molar refractivity (Wildman–Crippen MR) is 97.1 cm³/mol. The summed E-state index contributed by atoms with van der Waals surface area (Å²) in [6, 6.07) is 13.6. The molecule has 5 nitrogen and oxygen atoms in total. The first kappa shape index (κ1) is 15.9. The van der Waals surface area contributed by atoms with E-state index in [0.29, 0.717) is 5.11 Å². The molecule has 5 N–H and O–H groups in total. The Labute approximate surface area is 135 Å². The van der Waals surface area contributed by atoms with E-state index in [0.717, 1.165) is 28.1 Å². The monoisotopic (exact) mass is 313 g/mol. The van der Waals surface area contributed by atoms with E-state index in [1.807, 2.05) is 56.3 Å². The van der Waals surface area contributed by atoms with Crippen molar-refractivity contribution in [2.45, 2.75) is 13.8 Å². The van der Waals surface area contributed by atoms with Crippen molar-refractivity contribution >= 4 is 34.9 Å². The molecule has 0 aliphatic carbocycles. The van der Waals surface area contributed by atoms with Crippen molar-refractivity contribution in [1.29, 1.82) is 0 Å². The van der Waals surface area contributed by atoms with Gasteiger partial charge in [0.1, 0.15) is 0 Å². The molecule has 0 unspecified atom stereocenters. The lowest BCUT2D eigenvalue weighted by atomic mass is 10.1. The summed E-state index contributed by atoms with van der Waals surface area (Å²) in [6.07, 6.45) is 1.69. The SMILES string of the molecule is Cc1cccc(C)c1NC(=S)N/N=C/c1ccc(NN)cc1. The number of aryl methyl sites for hydroxylation is 2. The van der Waals surface area contributed by atoms with Gasteiger partial charge < -0.3 is 10.7 Å². The third-order valence-electron chi connectivity index (χ3n) is 3.18. The lowest BCUT2D eigenvalue weighted by Crippen LogP contribution is -2.24. The molecule has 0 atom stereocenters. The summed E-state index contributed by atoms with van der Waals surface area (Å²) in [5.74, 6) is 5.32. The minimum atomic E-state index is 0.453. The Morgan fingerprint density at radius 2 is 1.73 bits per heavy atom. The van der Waals surface area contributed by atoms with E-state index in [-0.39, 0.29) is 0 Å². The van der Waals surface area contributed by atoms with Gasteiger partial charge in [0.25, 0.3) is 0 Å². The molecule has 0 radical (unpaired) electrons. The van der Waals surface area contributed by atoms with Gasteiger partial charge in [0.2, 0.25) is 0 Å². The topological polar surface area (TPSA) is 74.5 Å². The highest BCUT2D eigenvalue weighted by atomic mass is 32.1. The first-order valence-corrected chi connectivity index (χ1v) is 7.24. The number of nitrogens with zero attached hydrogens (tertiary/aromatic N) is 1. The summed E-state index contributed by atoms with van der Waals surface area (Å²) in [7, 11) is 0. The van der Waals surface area contributed by atoms with E-state index < -0.39 is 0 Å². The Kier molecular flexibility index (Phi) is 5.46. The number of hydrogen-bond acceptors (Lipinski definition) is 4. The highest BCUT2D eigenvalue weighted by molar-refractivity contribution is 7.80. The maximum Gasteiger partial charge on any atom is 0.191 e. The zero-order valence-corrected chi connectivity index (χ0v) is 13.4. The first-order valence-electron chi connectivity index (χ1n) is 6.83. The first-order chi connectivity index (χ1) is 10.6. The number of nitrogens with two attached hydrogens (primary N) is 1. The third kappa shape index (κ3) is 4.28. The fourth-order valence-corrected chi connectivity index (χ4v) is 2.14. The van der Waals surface area contributed by atoms with Crippen LogP contribution in [0.1, 0.15) is 16.7 Å². The van der Waals surface area contributed by atoms with Crippen LogP contribution in [-0.2, 0) is 0 Å². The molecule has 2 rings (SSSR count). The molecule has 22 heavy (non-hydrogen) atoms. The van der Waals surface area contributed by atoms with Crippen LogP contribution in [0.5, 0.6) is 0 Å². The maximum absolute atomic E-state index is 5.32. The highest BCUT2D eigenvalue weighted by Gasteiger charge is 2.03. The number of rotatable bonds is 4. The van der Waals surface area contributed by atoms with E-state index in [2.05, 4.69) is 21.3 Å². The molecule has 0 aromatic heterocycles. The minimum Gasteiger partial charge on any atom is -0.331 e. The summed E-state index contributed by atoms with van der Waals surface area (Å²) in [5, 5.41) is 7.74. The van der Waals surface area contributed by atoms with Crippen molar-refractivity contribution in [3.05, 3.63) is 59.2 Å². The number of para-hydroxylation sites is 1. The van der Waals surface area contributed by atoms with Crippen LogP contribution >= 0.6 is 12.2 Å². The van der Waals surface area contributed by atoms with Crippen LogP contribution in [-0.4, -0.2) is 11.3 Å². The van der Waals surface area contributed by atoms with Crippen molar-refractivity contribution in [1.82, 2.24) is 5.43 Å². The smallest absolute Gasteiger partial charge is 0.191 e. The number of anilines is 2. The zero-order valence-electron chi connectivity index (χ0n) is 12.6. The van der Waals surface area contributed by atoms with Crippen molar-refractivity contribution in [3.63, 3.8) is 0 Å². The summed E-state index contributed by atoms with van der Waals surface area (Å²) >= 11 is 5.25. The van der Waals surface area contributed by atoms with Crippen LogP contribution in [0.2, 0.25) is 0 Å². The zero-order chi connectivity index (χ0) is 15.9. The molecular formula is C16H19N5S. The van der Waals surface area contributed by atoms with Gasteiger partial charge in [-0.25, -0.2) is 0 Å². The second-order valence-electron chi connectivity index (χ2n) is 4.86. The standard InChI is InChI=1S/C16H19N5S/c1-11-4-3-5-12(2)15(11)19-16(22)21-18-10-13-6-8-14(20-17)9-7-13/h3-10,20H,17H2,1-2H3,(H2,19,21,22)/b18-10+. The average molecular weight is 313 g/mol. The van der Waals surface area contributed by atoms with Crippen LogP contribution in [0.15, 0.2) is 47.6 Å². The molecule has 0 amide bonds. The molecule has 0 saturated heterocycles. The molecule has 114 valence electrons. The second-order valence-corrected chi connectivity index (χ2v) is 5.27. The van der Waals surface area contributed by atoms with Gasteiger partial charge >= 0.3 is 0 Å². The lowest BCUT2D eigenvalue weighted by molar-refractivity contribution is 1.05. The van der Waals surface area contributed by atoms with Crippen LogP contribution in [0.4, 0.5) is 11.4 Å². The molecule has 0 aliphatic rings. The molecule has 0 fully saturated rings. The minimum absolute atomic E-state index is 0.453. The van der Waals surface area contributed by atoms with Crippen LogP contribution in [0, 0.1) is 13.8 Å². The Balaban J connectivity index is 1.93. The van der Waals surface area contributed by atoms with Crippen molar-refractivity contribution in [2.75, 3.05) is 10.7 Å². The van der Waals surface area contributed by atoms with Gasteiger partial charge in [0.15, 0.2) is 5.11 Å². The Morgan fingerprint density at radius 1 is 1.09 bits per heavy atom. The third-order valence-corrected chi connectivity index (χ3v) is 3.37. The van der Waals surface area contributed by atoms with Gasteiger partial charge in [-0.15, -0.1) is 0 Å². The summed E-state index contributed by atoms with van der Waals surface area (Å²) < 4.78 is 0. The van der Waals surface area contributed by atoms with Crippen molar-refractivity contribution in [2.24, 2.45) is 10.9 Å². The second kappa shape index (κ2) is 7.53. The highest BCUT2D eigenvalue weighted by Crippen LogP contribution is 2.19. The number of hydrazone groups is 1. The number of benzene rings is 2. The largest absolute Gasteiger partial charge is 0.331 e. The molecule has 0 heterocycles. The number of hydrogen-bond donors (Lipinski definition) is 4. The number of hydrazine groups is 1. The van der Waals surface area contributed by atoms with Gasteiger partial charge in [-0.05, 0) is 54.9 Å². The Hall–Kier alpha value is -2.44. The summed E-state index contributed by atoms with van der Waals surface area (Å²) in [4.78, 5) is 0. The molecule has 2 aromatic carbocycles. The number of nitrogens with one attached hydrogen (secondary N) is 3. The number of thiocarbonyl (C=S) groups is 1. The Bertz CT molecular complexity index is 659. The van der Waals surface area contributed by atoms with E-state index >= 15 is 0 Å². The van der Waals surface area contributed by atoms with Crippen LogP contribution in [0.25, 0.3) is 0 Å². The molecular weight excluding hydrogens is 294 g/mol. The average Bonchev–Trinajstić information content (AvgIpc) is 2.52. The lowest BCUT2D eigenvalue weighted by Gasteiger charge is -2.12. The number of nitrogen functional groups attached to an aromatic ring is 1. The van der Waals surface area contributed by atoms with E-state index in [1.54, 1.807) is 6.21 Å². The summed E-state index contributed by atoms with van der Waals surface area (Å²) in [6.45, 7) is 4.07. The predicted octanol–water partition coefficient (Wildman–Crippen LogP) is 2.91. The van der Waals surface area contributed by atoms with Gasteiger partial charge in [-0.3, -0.25) is 11.3 Å². The molecule has 0 aliphatic heterocycles. The van der Waals surface area contributed by atoms with Crippen LogP contribution in [0.3, 0.4) is 0 Å². The molecule has 0 bridgehead atoms.